The lowest BCUT2D eigenvalue weighted by Crippen LogP contribution is -2.41. The van der Waals surface area contributed by atoms with Crippen LogP contribution in [-0.4, -0.2) is 20.8 Å². The summed E-state index contributed by atoms with van der Waals surface area (Å²) >= 11 is 0. The lowest BCUT2D eigenvalue weighted by Gasteiger charge is -2.17. The van der Waals surface area contributed by atoms with Crippen LogP contribution >= 0.6 is 0 Å². The number of ether oxygens (including phenoxy) is 1. The van der Waals surface area contributed by atoms with Crippen LogP contribution in [0, 0.1) is 13.8 Å². The van der Waals surface area contributed by atoms with E-state index in [1.54, 1.807) is 32.2 Å². The maximum Gasteiger partial charge on any atom is 0.333 e. The van der Waals surface area contributed by atoms with Crippen molar-refractivity contribution in [2.45, 2.75) is 75.0 Å². The number of benzene rings is 1. The molecular formula is C27H42N2O4. The molecule has 2 aromatic rings. The molecule has 0 bridgehead atoms. The van der Waals surface area contributed by atoms with Gasteiger partial charge in [0.1, 0.15) is 12.5 Å². The van der Waals surface area contributed by atoms with Crippen molar-refractivity contribution in [2.24, 2.45) is 7.05 Å². The second-order valence-electron chi connectivity index (χ2n) is 6.82. The maximum absolute atomic E-state index is 12.8. The van der Waals surface area contributed by atoms with E-state index in [4.69, 9.17) is 4.74 Å². The van der Waals surface area contributed by atoms with E-state index in [9.17, 15) is 14.7 Å². The number of nitrogens with zero attached hydrogens (tertiary/aromatic N) is 2. The fourth-order valence-corrected chi connectivity index (χ4v) is 3.37. The Morgan fingerprint density at radius 1 is 1.03 bits per heavy atom. The van der Waals surface area contributed by atoms with Crippen molar-refractivity contribution >= 4 is 0 Å². The Kier molecular flexibility index (Phi) is 14.5. The van der Waals surface area contributed by atoms with Gasteiger partial charge in [0, 0.05) is 18.2 Å². The summed E-state index contributed by atoms with van der Waals surface area (Å²) in [6.07, 6.45) is 8.01. The number of aromatic nitrogens is 2. The van der Waals surface area contributed by atoms with Crippen molar-refractivity contribution in [3.63, 3.8) is 0 Å². The molecule has 3 rings (SSSR count). The summed E-state index contributed by atoms with van der Waals surface area (Å²) in [6, 6.07) is 4.88. The first-order valence-electron chi connectivity index (χ1n) is 11.9. The van der Waals surface area contributed by atoms with Gasteiger partial charge in [-0.25, -0.2) is 9.36 Å². The molecule has 0 saturated heterocycles. The Balaban J connectivity index is 0.00000158. The van der Waals surface area contributed by atoms with Gasteiger partial charge < -0.3 is 9.84 Å². The Morgan fingerprint density at radius 2 is 1.67 bits per heavy atom. The van der Waals surface area contributed by atoms with Gasteiger partial charge in [-0.05, 0) is 56.0 Å². The van der Waals surface area contributed by atoms with Crippen LogP contribution < -0.4 is 11.2 Å². The fourth-order valence-electron chi connectivity index (χ4n) is 3.37. The molecule has 0 unspecified atom stereocenters. The van der Waals surface area contributed by atoms with Crippen molar-refractivity contribution in [3.05, 3.63) is 74.0 Å². The van der Waals surface area contributed by atoms with Crippen LogP contribution in [0.2, 0.25) is 0 Å². The summed E-state index contributed by atoms with van der Waals surface area (Å²) in [5, 5.41) is 9.62. The molecule has 184 valence electrons. The smallest absolute Gasteiger partial charge is 0.333 e. The molecule has 1 aliphatic rings. The first-order chi connectivity index (χ1) is 15.9. The van der Waals surface area contributed by atoms with E-state index in [0.29, 0.717) is 17.9 Å². The average Bonchev–Trinajstić information content (AvgIpc) is 2.86. The predicted molar refractivity (Wildman–Crippen MR) is 139 cm³/mol. The summed E-state index contributed by atoms with van der Waals surface area (Å²) in [5.41, 5.74) is 2.92. The van der Waals surface area contributed by atoms with Gasteiger partial charge in [-0.3, -0.25) is 9.36 Å². The monoisotopic (exact) mass is 458 g/mol. The Labute approximate surface area is 198 Å². The summed E-state index contributed by atoms with van der Waals surface area (Å²) < 4.78 is 8.21. The minimum Gasteiger partial charge on any atom is -0.508 e. The highest BCUT2D eigenvalue weighted by atomic mass is 16.5. The van der Waals surface area contributed by atoms with Crippen LogP contribution in [0.15, 0.2) is 51.6 Å². The second-order valence-corrected chi connectivity index (χ2v) is 6.82. The van der Waals surface area contributed by atoms with Gasteiger partial charge in [-0.1, -0.05) is 59.8 Å². The Bertz CT molecular complexity index is 1010. The van der Waals surface area contributed by atoms with Crippen LogP contribution in [-0.2, 0) is 18.5 Å². The van der Waals surface area contributed by atoms with Gasteiger partial charge in [-0.2, -0.15) is 0 Å². The van der Waals surface area contributed by atoms with Gasteiger partial charge in [0.05, 0.1) is 12.3 Å². The molecule has 0 amide bonds. The van der Waals surface area contributed by atoms with Gasteiger partial charge in [0.2, 0.25) is 0 Å². The van der Waals surface area contributed by atoms with E-state index in [-0.39, 0.29) is 18.0 Å². The summed E-state index contributed by atoms with van der Waals surface area (Å²) in [5.74, 6) is 0.146. The highest BCUT2D eigenvalue weighted by Crippen LogP contribution is 2.26. The normalized spacial score (nSPS) is 11.7. The third-order valence-electron chi connectivity index (χ3n) is 4.85. The molecule has 1 aromatic carbocycles. The van der Waals surface area contributed by atoms with Gasteiger partial charge in [0.15, 0.2) is 0 Å². The predicted octanol–water partition coefficient (Wildman–Crippen LogP) is 5.87. The van der Waals surface area contributed by atoms with E-state index >= 15 is 0 Å². The Morgan fingerprint density at radius 3 is 2.21 bits per heavy atom. The zero-order chi connectivity index (χ0) is 25.6. The first-order valence-corrected chi connectivity index (χ1v) is 11.9. The second kappa shape index (κ2) is 15.9. The van der Waals surface area contributed by atoms with E-state index in [2.05, 4.69) is 6.08 Å². The lowest BCUT2D eigenvalue weighted by atomic mass is 10.0. The third-order valence-corrected chi connectivity index (χ3v) is 4.85. The third kappa shape index (κ3) is 7.90. The van der Waals surface area contributed by atoms with E-state index in [1.165, 1.54) is 4.57 Å². The molecule has 33 heavy (non-hydrogen) atoms. The number of phenolic OH excluding ortho intramolecular Hbond substituents is 1. The van der Waals surface area contributed by atoms with E-state index in [0.717, 1.165) is 34.1 Å². The van der Waals surface area contributed by atoms with Gasteiger partial charge in [-0.15, -0.1) is 0 Å². The molecule has 1 aromatic heterocycles. The number of hydrogen-bond donors (Lipinski definition) is 1. The fraction of sp³-hybridized carbons (Fsp3) is 0.481. The highest BCUT2D eigenvalue weighted by Gasteiger charge is 2.17. The molecule has 6 nitrogen and oxygen atoms in total. The van der Waals surface area contributed by atoms with Crippen LogP contribution in [0.25, 0.3) is 11.3 Å². The summed E-state index contributed by atoms with van der Waals surface area (Å²) in [4.78, 5) is 25.6. The lowest BCUT2D eigenvalue weighted by molar-refractivity contribution is 0.0867. The minimum atomic E-state index is -0.425. The zero-order valence-corrected chi connectivity index (χ0v) is 21.9. The maximum atomic E-state index is 12.8. The molecule has 0 spiro atoms. The standard InChI is InChI=1S/C21H24N2O4.3C2H6/c1-14-11-17(24)9-10-18(14)19-15(2)20(25)23(21(26)22(19)3)13-27-12-16-7-5-4-6-8-16;3*1-2/h4-5,7,9-11,24H,6,8,12-13H2,1-3H3;3*1-2H3. The van der Waals surface area contributed by atoms with Crippen molar-refractivity contribution in [1.82, 2.24) is 9.13 Å². The molecule has 0 fully saturated rings. The molecule has 1 aliphatic carbocycles. The topological polar surface area (TPSA) is 73.5 Å². The van der Waals surface area contributed by atoms with Crippen molar-refractivity contribution in [1.29, 1.82) is 0 Å². The molecule has 0 aliphatic heterocycles. The molecule has 1 N–H and O–H groups in total. The zero-order valence-electron chi connectivity index (χ0n) is 21.9. The van der Waals surface area contributed by atoms with E-state index < -0.39 is 5.69 Å². The van der Waals surface area contributed by atoms with Crippen LogP contribution in [0.3, 0.4) is 0 Å². The van der Waals surface area contributed by atoms with E-state index in [1.807, 2.05) is 60.6 Å². The summed E-state index contributed by atoms with van der Waals surface area (Å²) in [6.45, 7) is 15.9. The summed E-state index contributed by atoms with van der Waals surface area (Å²) in [7, 11) is 1.64. The number of aryl methyl sites for hydroxylation is 1. The number of phenols is 1. The molecular weight excluding hydrogens is 416 g/mol. The molecule has 1 heterocycles. The number of rotatable bonds is 5. The van der Waals surface area contributed by atoms with Crippen LogP contribution in [0.1, 0.15) is 65.5 Å². The van der Waals surface area contributed by atoms with Crippen molar-refractivity contribution < 1.29 is 9.84 Å². The van der Waals surface area contributed by atoms with Crippen molar-refractivity contribution in [3.8, 4) is 17.0 Å². The first kappa shape index (κ1) is 30.1. The van der Waals surface area contributed by atoms with Gasteiger partial charge >= 0.3 is 5.69 Å². The van der Waals surface area contributed by atoms with Crippen LogP contribution in [0.5, 0.6) is 5.75 Å². The largest absolute Gasteiger partial charge is 0.508 e. The molecule has 0 atom stereocenters. The van der Waals surface area contributed by atoms with Crippen LogP contribution in [0.4, 0.5) is 0 Å². The average molecular weight is 459 g/mol. The quantitative estimate of drug-likeness (QED) is 0.608. The number of aromatic hydroxyl groups is 1. The number of hydrogen-bond acceptors (Lipinski definition) is 4. The number of allylic oxidation sites excluding steroid dienone is 3. The Hall–Kier alpha value is -2.86. The molecule has 6 heteroatoms. The minimum absolute atomic E-state index is 0.0811. The highest BCUT2D eigenvalue weighted by molar-refractivity contribution is 5.67. The molecule has 0 saturated carbocycles. The van der Waals surface area contributed by atoms with Crippen molar-refractivity contribution in [2.75, 3.05) is 6.61 Å². The van der Waals surface area contributed by atoms with Gasteiger partial charge in [0.25, 0.3) is 5.56 Å². The molecule has 0 radical (unpaired) electrons. The SMILES string of the molecule is CC.CC.CC.Cc1cc(O)ccc1-c1c(C)c(=O)n(COCC2=CC=CCC2)c(=O)n1C.